The average Bonchev–Trinajstić information content (AvgIpc) is 2.86. The number of carbonyl (C=O) groups is 1. The zero-order chi connectivity index (χ0) is 27.1. The third-order valence-electron chi connectivity index (χ3n) is 6.58. The number of anilines is 1. The fourth-order valence-electron chi connectivity index (χ4n) is 4.63. The molecule has 1 aromatic carbocycles. The number of nitrogens with zero attached hydrogens (tertiary/aromatic N) is 5. The molecule has 8 nitrogen and oxygen atoms in total. The molecule has 1 fully saturated rings. The molecule has 3 aromatic heterocycles. The summed E-state index contributed by atoms with van der Waals surface area (Å²) in [6.07, 6.45) is 2.97. The van der Waals surface area contributed by atoms with E-state index in [1.165, 1.54) is 16.7 Å². The lowest BCUT2D eigenvalue weighted by Gasteiger charge is -2.39. The van der Waals surface area contributed by atoms with Gasteiger partial charge in [-0.25, -0.2) is 18.7 Å². The van der Waals surface area contributed by atoms with Gasteiger partial charge in [-0.3, -0.25) is 9.78 Å². The number of carbonyl (C=O) groups excluding carboxylic acids is 1. The first kappa shape index (κ1) is 25.5. The molecule has 0 saturated carbocycles. The molecule has 0 bridgehead atoms. The summed E-state index contributed by atoms with van der Waals surface area (Å²) in [6.45, 7) is 10.3. The fraction of sp³-hybridized carbons (Fsp3) is 0.250. The molecule has 0 spiro atoms. The molecule has 1 N–H and O–H groups in total. The molecule has 4 aromatic rings. The number of halogens is 2. The van der Waals surface area contributed by atoms with Gasteiger partial charge >= 0.3 is 5.69 Å². The lowest BCUT2D eigenvalue weighted by molar-refractivity contribution is -0.129. The van der Waals surface area contributed by atoms with E-state index in [1.54, 1.807) is 35.4 Å². The Kier molecular flexibility index (Phi) is 6.71. The van der Waals surface area contributed by atoms with Crippen molar-refractivity contribution in [1.82, 2.24) is 24.4 Å². The molecule has 0 radical (unpaired) electrons. The van der Waals surface area contributed by atoms with Crippen molar-refractivity contribution in [2.24, 2.45) is 0 Å². The van der Waals surface area contributed by atoms with Gasteiger partial charge in [0.25, 0.3) is 0 Å². The smallest absolute Gasteiger partial charge is 0.355 e. The molecule has 0 unspecified atom stereocenters. The van der Waals surface area contributed by atoms with Crippen LogP contribution in [-0.4, -0.2) is 49.5 Å². The summed E-state index contributed by atoms with van der Waals surface area (Å²) in [5, 5.41) is 3.96. The minimum Gasteiger partial charge on any atom is -0.363 e. The molecule has 0 aliphatic carbocycles. The molecule has 0 atom stereocenters. The number of aromatic nitrogens is 4. The van der Waals surface area contributed by atoms with Crippen molar-refractivity contribution in [2.75, 3.05) is 18.4 Å². The lowest BCUT2D eigenvalue weighted by atomic mass is 10.0. The maximum absolute atomic E-state index is 14.8. The van der Waals surface area contributed by atoms with Gasteiger partial charge in [-0.2, -0.15) is 4.98 Å². The number of amides is 1. The molecule has 1 aliphatic rings. The summed E-state index contributed by atoms with van der Waals surface area (Å²) in [5.74, 6) is -0.348. The van der Waals surface area contributed by atoms with Crippen molar-refractivity contribution in [2.45, 2.75) is 32.7 Å². The van der Waals surface area contributed by atoms with Crippen LogP contribution in [0.25, 0.3) is 28.0 Å². The second-order valence-electron chi connectivity index (χ2n) is 9.55. The van der Waals surface area contributed by atoms with Gasteiger partial charge in [0.1, 0.15) is 11.6 Å². The van der Waals surface area contributed by atoms with Crippen molar-refractivity contribution >= 4 is 34.4 Å². The Bertz CT molecular complexity index is 1640. The first-order valence-corrected chi connectivity index (χ1v) is 12.6. The first-order valence-electron chi connectivity index (χ1n) is 12.2. The molecule has 1 aliphatic heterocycles. The van der Waals surface area contributed by atoms with Crippen LogP contribution in [0.15, 0.2) is 60.0 Å². The molecule has 1 saturated heterocycles. The van der Waals surface area contributed by atoms with Crippen molar-refractivity contribution in [3.05, 3.63) is 87.8 Å². The second kappa shape index (κ2) is 9.98. The minimum atomic E-state index is -0.564. The fourth-order valence-corrected chi connectivity index (χ4v) is 4.88. The van der Waals surface area contributed by atoms with Crippen LogP contribution in [0.2, 0.25) is 5.02 Å². The Hall–Kier alpha value is -4.11. The zero-order valence-corrected chi connectivity index (χ0v) is 22.0. The molecule has 5 rings (SSSR count). The van der Waals surface area contributed by atoms with Gasteiger partial charge in [-0.05, 0) is 48.7 Å². The predicted molar refractivity (Wildman–Crippen MR) is 146 cm³/mol. The molecule has 4 heterocycles. The van der Waals surface area contributed by atoms with E-state index in [0.29, 0.717) is 35.7 Å². The molecular formula is C28H26ClFN6O2. The van der Waals surface area contributed by atoms with Gasteiger partial charge in [0.15, 0.2) is 5.65 Å². The highest BCUT2D eigenvalue weighted by molar-refractivity contribution is 6.33. The first-order chi connectivity index (χ1) is 18.2. The Labute approximate surface area is 223 Å². The van der Waals surface area contributed by atoms with E-state index >= 15 is 0 Å². The number of benzene rings is 1. The molecule has 194 valence electrons. The topological polar surface area (TPSA) is 93.0 Å². The Morgan fingerprint density at radius 2 is 1.97 bits per heavy atom. The van der Waals surface area contributed by atoms with E-state index in [9.17, 15) is 14.0 Å². The largest absolute Gasteiger partial charge is 0.363 e. The summed E-state index contributed by atoms with van der Waals surface area (Å²) in [5.41, 5.74) is 2.24. The monoisotopic (exact) mass is 532 g/mol. The molecule has 38 heavy (non-hydrogen) atoms. The van der Waals surface area contributed by atoms with E-state index in [-0.39, 0.29) is 39.8 Å². The van der Waals surface area contributed by atoms with Crippen LogP contribution in [0.4, 0.5) is 10.2 Å². The third kappa shape index (κ3) is 4.43. The molecule has 10 heteroatoms. The van der Waals surface area contributed by atoms with Crippen LogP contribution in [0.1, 0.15) is 31.0 Å². The van der Waals surface area contributed by atoms with Crippen LogP contribution < -0.4 is 11.0 Å². The summed E-state index contributed by atoms with van der Waals surface area (Å²) >= 11 is 6.65. The maximum Gasteiger partial charge on any atom is 0.355 e. The van der Waals surface area contributed by atoms with Crippen LogP contribution in [-0.2, 0) is 4.79 Å². The highest BCUT2D eigenvalue weighted by atomic mass is 35.5. The number of fused-ring (bicyclic) bond motifs is 1. The number of hydrogen-bond donors (Lipinski definition) is 1. The van der Waals surface area contributed by atoms with Crippen LogP contribution >= 0.6 is 11.6 Å². The van der Waals surface area contributed by atoms with Crippen molar-refractivity contribution in [3.63, 3.8) is 0 Å². The number of pyridine rings is 2. The Morgan fingerprint density at radius 1 is 1.24 bits per heavy atom. The van der Waals surface area contributed by atoms with Crippen molar-refractivity contribution in [3.8, 4) is 16.9 Å². The van der Waals surface area contributed by atoms with E-state index in [1.807, 2.05) is 26.8 Å². The van der Waals surface area contributed by atoms with Crippen LogP contribution in [0.5, 0.6) is 0 Å². The summed E-state index contributed by atoms with van der Waals surface area (Å²) in [7, 11) is 0. The van der Waals surface area contributed by atoms with E-state index in [4.69, 9.17) is 16.6 Å². The van der Waals surface area contributed by atoms with E-state index in [2.05, 4.69) is 21.9 Å². The highest BCUT2D eigenvalue weighted by Gasteiger charge is 2.31. The summed E-state index contributed by atoms with van der Waals surface area (Å²) < 4.78 is 16.2. The normalized spacial score (nSPS) is 13.6. The number of nitrogens with one attached hydrogen (secondary N) is 1. The van der Waals surface area contributed by atoms with Crippen molar-refractivity contribution < 1.29 is 9.18 Å². The van der Waals surface area contributed by atoms with Gasteiger partial charge < -0.3 is 10.2 Å². The quantitative estimate of drug-likeness (QED) is 0.356. The van der Waals surface area contributed by atoms with E-state index < -0.39 is 11.5 Å². The number of aryl methyl sites for hydroxylation is 1. The maximum atomic E-state index is 14.8. The third-order valence-corrected chi connectivity index (χ3v) is 6.87. The number of rotatable bonds is 6. The summed E-state index contributed by atoms with van der Waals surface area (Å²) in [4.78, 5) is 40.8. The Morgan fingerprint density at radius 3 is 2.66 bits per heavy atom. The van der Waals surface area contributed by atoms with Crippen molar-refractivity contribution in [1.29, 1.82) is 0 Å². The minimum absolute atomic E-state index is 0.00588. The van der Waals surface area contributed by atoms with Gasteiger partial charge in [0, 0.05) is 24.8 Å². The molecular weight excluding hydrogens is 507 g/mol. The van der Waals surface area contributed by atoms with Gasteiger partial charge in [-0.1, -0.05) is 44.2 Å². The predicted octanol–water partition coefficient (Wildman–Crippen LogP) is 4.88. The lowest BCUT2D eigenvalue weighted by Crippen LogP contribution is -2.56. The Balaban J connectivity index is 1.75. The highest BCUT2D eigenvalue weighted by Crippen LogP contribution is 2.35. The van der Waals surface area contributed by atoms with E-state index in [0.717, 1.165) is 5.56 Å². The van der Waals surface area contributed by atoms with Gasteiger partial charge in [0.2, 0.25) is 5.91 Å². The van der Waals surface area contributed by atoms with Gasteiger partial charge in [0.05, 0.1) is 33.5 Å². The molecule has 1 amide bonds. The second-order valence-corrected chi connectivity index (χ2v) is 9.96. The summed E-state index contributed by atoms with van der Waals surface area (Å²) in [6, 6.07) is 9.54. The standard InChI is InChI=1S/C28H26ClFN6O2/c1-5-22(37)35-13-17(14-35)32-26-19-12-20(29)24(18-8-6-7-9-21(18)30)33-27(19)36(28(38)34-26)25-16(4)10-11-31-23(25)15(2)3/h5-12,15,17H,1,13-14H2,2-4H3,(H,32,34,38). The van der Waals surface area contributed by atoms with Gasteiger partial charge in [-0.15, -0.1) is 0 Å². The zero-order valence-electron chi connectivity index (χ0n) is 21.2. The van der Waals surface area contributed by atoms with Crippen LogP contribution in [0, 0.1) is 12.7 Å². The SMILES string of the molecule is C=CC(=O)N1CC(Nc2nc(=O)n(-c3c(C)ccnc3C(C)C)c3nc(-c4ccccc4F)c(Cl)cc23)C1. The number of likely N-dealkylation sites (tertiary alicyclic amines) is 1. The number of hydrogen-bond acceptors (Lipinski definition) is 6. The van der Waals surface area contributed by atoms with Crippen LogP contribution in [0.3, 0.4) is 0 Å². The average molecular weight is 533 g/mol.